The first-order valence-electron chi connectivity index (χ1n) is 9.90. The van der Waals surface area contributed by atoms with Gasteiger partial charge in [-0.15, -0.1) is 11.8 Å². The molecule has 0 aliphatic carbocycles. The number of ether oxygens (including phenoxy) is 1. The molecule has 0 bridgehead atoms. The van der Waals surface area contributed by atoms with Crippen molar-refractivity contribution >= 4 is 21.8 Å². The number of sulfonamides is 1. The lowest BCUT2D eigenvalue weighted by Crippen LogP contribution is -2.25. The minimum atomic E-state index is -3.48. The van der Waals surface area contributed by atoms with E-state index in [4.69, 9.17) is 4.74 Å². The number of nitrogens with one attached hydrogen (secondary N) is 1. The van der Waals surface area contributed by atoms with Crippen LogP contribution in [0.5, 0.6) is 5.75 Å². The molecule has 0 aromatic heterocycles. The summed E-state index contributed by atoms with van der Waals surface area (Å²) in [6.07, 6.45) is 1.59. The van der Waals surface area contributed by atoms with Crippen molar-refractivity contribution in [3.05, 3.63) is 90.0 Å². The first kappa shape index (κ1) is 22.4. The summed E-state index contributed by atoms with van der Waals surface area (Å²) in [7, 11) is -1.82. The van der Waals surface area contributed by atoms with Crippen molar-refractivity contribution in [3.8, 4) is 5.75 Å². The van der Waals surface area contributed by atoms with Gasteiger partial charge in [0.1, 0.15) is 5.75 Å². The van der Waals surface area contributed by atoms with Crippen LogP contribution in [-0.4, -0.2) is 22.1 Å². The van der Waals surface area contributed by atoms with E-state index in [1.807, 2.05) is 49.4 Å². The number of methoxy groups -OCH3 is 1. The molecule has 158 valence electrons. The summed E-state index contributed by atoms with van der Waals surface area (Å²) in [5.74, 6) is 0.827. The Labute approximate surface area is 183 Å². The molecule has 0 spiro atoms. The highest BCUT2D eigenvalue weighted by molar-refractivity contribution is 7.99. The molecule has 0 radical (unpaired) electrons. The van der Waals surface area contributed by atoms with Gasteiger partial charge in [0.25, 0.3) is 0 Å². The summed E-state index contributed by atoms with van der Waals surface area (Å²) < 4.78 is 33.0. The van der Waals surface area contributed by atoms with Crippen molar-refractivity contribution in [3.63, 3.8) is 0 Å². The number of thioether (sulfide) groups is 1. The molecule has 3 aromatic rings. The largest absolute Gasteiger partial charge is 0.497 e. The van der Waals surface area contributed by atoms with Gasteiger partial charge in [0.05, 0.1) is 12.0 Å². The summed E-state index contributed by atoms with van der Waals surface area (Å²) in [4.78, 5) is 1.50. The van der Waals surface area contributed by atoms with Crippen LogP contribution >= 0.6 is 11.8 Å². The first-order valence-corrected chi connectivity index (χ1v) is 12.3. The van der Waals surface area contributed by atoms with Gasteiger partial charge in [0.15, 0.2) is 0 Å². The number of aryl methyl sites for hydroxylation is 1. The predicted molar refractivity (Wildman–Crippen MR) is 124 cm³/mol. The van der Waals surface area contributed by atoms with Crippen LogP contribution in [0.25, 0.3) is 0 Å². The average molecular weight is 442 g/mol. The molecule has 3 rings (SSSR count). The van der Waals surface area contributed by atoms with E-state index in [9.17, 15) is 8.42 Å². The van der Waals surface area contributed by atoms with Gasteiger partial charge in [-0.3, -0.25) is 0 Å². The summed E-state index contributed by atoms with van der Waals surface area (Å²) in [5.41, 5.74) is 2.24. The molecule has 1 N–H and O–H groups in total. The third-order valence-corrected chi connectivity index (χ3v) is 7.59. The van der Waals surface area contributed by atoms with Crippen LogP contribution in [0.4, 0.5) is 0 Å². The van der Waals surface area contributed by atoms with E-state index in [-0.39, 0.29) is 5.25 Å². The quantitative estimate of drug-likeness (QED) is 0.329. The van der Waals surface area contributed by atoms with Crippen LogP contribution < -0.4 is 9.46 Å². The zero-order valence-electron chi connectivity index (χ0n) is 17.2. The molecule has 0 aliphatic rings. The fourth-order valence-corrected chi connectivity index (χ4v) is 5.36. The van der Waals surface area contributed by atoms with Gasteiger partial charge in [0, 0.05) is 16.7 Å². The minimum Gasteiger partial charge on any atom is -0.497 e. The smallest absolute Gasteiger partial charge is 0.240 e. The lowest BCUT2D eigenvalue weighted by Gasteiger charge is -2.18. The summed E-state index contributed by atoms with van der Waals surface area (Å²) in [6.45, 7) is 2.34. The van der Waals surface area contributed by atoms with Crippen molar-refractivity contribution in [1.29, 1.82) is 0 Å². The van der Waals surface area contributed by atoms with Crippen LogP contribution in [0.1, 0.15) is 29.2 Å². The Morgan fingerprint density at radius 3 is 2.23 bits per heavy atom. The van der Waals surface area contributed by atoms with Crippen molar-refractivity contribution in [2.45, 2.75) is 34.8 Å². The van der Waals surface area contributed by atoms with Crippen LogP contribution in [0.2, 0.25) is 0 Å². The normalized spacial score (nSPS) is 12.5. The topological polar surface area (TPSA) is 55.4 Å². The van der Waals surface area contributed by atoms with Gasteiger partial charge < -0.3 is 4.74 Å². The Morgan fingerprint density at radius 2 is 1.60 bits per heavy atom. The second-order valence-corrected chi connectivity index (χ2v) is 10.1. The molecule has 1 unspecified atom stereocenters. The zero-order valence-corrected chi connectivity index (χ0v) is 18.9. The molecule has 4 nitrogen and oxygen atoms in total. The molecule has 0 saturated heterocycles. The van der Waals surface area contributed by atoms with E-state index < -0.39 is 10.0 Å². The molecular weight excluding hydrogens is 414 g/mol. The Hall–Kier alpha value is -2.28. The van der Waals surface area contributed by atoms with Gasteiger partial charge in [-0.05, 0) is 61.7 Å². The van der Waals surface area contributed by atoms with E-state index in [0.29, 0.717) is 11.4 Å². The van der Waals surface area contributed by atoms with Gasteiger partial charge in [-0.2, -0.15) is 0 Å². The van der Waals surface area contributed by atoms with E-state index >= 15 is 0 Å². The number of hydrogen-bond donors (Lipinski definition) is 1. The molecule has 0 aliphatic heterocycles. The average Bonchev–Trinajstić information content (AvgIpc) is 2.77. The highest BCUT2D eigenvalue weighted by Gasteiger charge is 2.16. The predicted octanol–water partition coefficient (Wildman–Crippen LogP) is 5.60. The lowest BCUT2D eigenvalue weighted by atomic mass is 10.1. The third-order valence-electron chi connectivity index (χ3n) is 4.78. The molecule has 6 heteroatoms. The van der Waals surface area contributed by atoms with Crippen LogP contribution in [0.3, 0.4) is 0 Å². The minimum absolute atomic E-state index is 0.224. The summed E-state index contributed by atoms with van der Waals surface area (Å²) >= 11 is 1.79. The van der Waals surface area contributed by atoms with Crippen LogP contribution in [0.15, 0.2) is 88.7 Å². The maximum atomic E-state index is 12.5. The van der Waals surface area contributed by atoms with Crippen molar-refractivity contribution in [2.24, 2.45) is 0 Å². The maximum absolute atomic E-state index is 12.5. The summed E-state index contributed by atoms with van der Waals surface area (Å²) in [5, 5.41) is 0.224. The number of rotatable bonds is 10. The summed E-state index contributed by atoms with van der Waals surface area (Å²) in [6, 6.07) is 25.3. The number of benzene rings is 3. The molecule has 3 aromatic carbocycles. The van der Waals surface area contributed by atoms with E-state index in [0.717, 1.165) is 24.2 Å². The number of hydrogen-bond acceptors (Lipinski definition) is 4. The monoisotopic (exact) mass is 441 g/mol. The van der Waals surface area contributed by atoms with Crippen LogP contribution in [-0.2, 0) is 10.0 Å². The Bertz CT molecular complexity index is 1020. The SMILES string of the molecule is COc1ccc(C(CCCNS(=O)(=O)c2ccc(C)cc2)Sc2ccccc2)cc1. The third kappa shape index (κ3) is 6.36. The lowest BCUT2D eigenvalue weighted by molar-refractivity contribution is 0.414. The fraction of sp³-hybridized carbons (Fsp3) is 0.250. The van der Waals surface area contributed by atoms with Crippen LogP contribution in [0, 0.1) is 6.92 Å². The Morgan fingerprint density at radius 1 is 0.933 bits per heavy atom. The molecule has 0 saturated carbocycles. The first-order chi connectivity index (χ1) is 14.5. The zero-order chi connectivity index (χ0) is 21.4. The Balaban J connectivity index is 1.63. The van der Waals surface area contributed by atoms with Gasteiger partial charge in [0.2, 0.25) is 10.0 Å². The fourth-order valence-electron chi connectivity index (χ4n) is 3.07. The van der Waals surface area contributed by atoms with Gasteiger partial charge >= 0.3 is 0 Å². The van der Waals surface area contributed by atoms with Gasteiger partial charge in [-0.25, -0.2) is 13.1 Å². The van der Waals surface area contributed by atoms with Crippen molar-refractivity contribution < 1.29 is 13.2 Å². The maximum Gasteiger partial charge on any atom is 0.240 e. The van der Waals surface area contributed by atoms with Crippen molar-refractivity contribution in [1.82, 2.24) is 4.72 Å². The molecule has 1 atom stereocenters. The molecule has 0 amide bonds. The highest BCUT2D eigenvalue weighted by Crippen LogP contribution is 2.39. The van der Waals surface area contributed by atoms with Crippen molar-refractivity contribution in [2.75, 3.05) is 13.7 Å². The molecule has 0 heterocycles. The molecular formula is C24H27NO3S2. The van der Waals surface area contributed by atoms with Gasteiger partial charge in [-0.1, -0.05) is 48.0 Å². The second kappa shape index (κ2) is 10.7. The van der Waals surface area contributed by atoms with E-state index in [2.05, 4.69) is 29.0 Å². The van der Waals surface area contributed by atoms with E-state index in [1.165, 1.54) is 10.5 Å². The standard InChI is InChI=1S/C24H27NO3S2/c1-19-10-16-23(17-11-19)30(26,27)25-18-6-9-24(29-22-7-4-3-5-8-22)20-12-14-21(28-2)15-13-20/h3-5,7-8,10-17,24-25H,6,9,18H2,1-2H3. The highest BCUT2D eigenvalue weighted by atomic mass is 32.2. The molecule has 0 fully saturated rings. The Kier molecular flexibility index (Phi) is 7.96. The second-order valence-electron chi connectivity index (χ2n) is 7.05. The molecule has 30 heavy (non-hydrogen) atoms. The van der Waals surface area contributed by atoms with E-state index in [1.54, 1.807) is 31.0 Å².